The molecular formula is C9H12N4O3. The average molecular weight is 224 g/mol. The lowest BCUT2D eigenvalue weighted by atomic mass is 9.82. The quantitative estimate of drug-likeness (QED) is 0.589. The van der Waals surface area contributed by atoms with Crippen LogP contribution < -0.4 is 10.5 Å². The second-order valence-electron chi connectivity index (χ2n) is 3.79. The lowest BCUT2D eigenvalue weighted by Crippen LogP contribution is -2.38. The van der Waals surface area contributed by atoms with Crippen molar-refractivity contribution in [2.45, 2.75) is 18.9 Å². The van der Waals surface area contributed by atoms with Crippen molar-refractivity contribution in [3.05, 3.63) is 22.5 Å². The van der Waals surface area contributed by atoms with Crippen LogP contribution >= 0.6 is 0 Å². The van der Waals surface area contributed by atoms with E-state index < -0.39 is 4.92 Å². The van der Waals surface area contributed by atoms with E-state index in [4.69, 9.17) is 10.5 Å². The van der Waals surface area contributed by atoms with Gasteiger partial charge in [-0.3, -0.25) is 10.1 Å². The third-order valence-electron chi connectivity index (χ3n) is 2.62. The Morgan fingerprint density at radius 2 is 2.12 bits per heavy atom. The van der Waals surface area contributed by atoms with Gasteiger partial charge in [-0.15, -0.1) is 0 Å². The van der Waals surface area contributed by atoms with Gasteiger partial charge in [-0.05, 0) is 25.3 Å². The van der Waals surface area contributed by atoms with E-state index in [1.807, 2.05) is 0 Å². The number of nitrogens with zero attached hydrogens (tertiary/aromatic N) is 3. The third kappa shape index (κ3) is 2.25. The van der Waals surface area contributed by atoms with Gasteiger partial charge in [-0.2, -0.15) is 9.97 Å². The SMILES string of the molecule is NCC1CC(Oc2ncc([N+](=O)[O-])cn2)C1. The van der Waals surface area contributed by atoms with Crippen molar-refractivity contribution < 1.29 is 9.66 Å². The second-order valence-corrected chi connectivity index (χ2v) is 3.79. The summed E-state index contributed by atoms with van der Waals surface area (Å²) in [6, 6.07) is 0.186. The summed E-state index contributed by atoms with van der Waals surface area (Å²) in [7, 11) is 0. The fourth-order valence-electron chi connectivity index (χ4n) is 1.58. The molecule has 1 heterocycles. The van der Waals surface area contributed by atoms with Crippen LogP contribution in [0.4, 0.5) is 5.69 Å². The second kappa shape index (κ2) is 4.40. The lowest BCUT2D eigenvalue weighted by Gasteiger charge is -2.33. The Bertz CT molecular complexity index is 375. The standard InChI is InChI=1S/C9H12N4O3/c10-3-6-1-8(2-6)16-9-11-4-7(5-12-9)13(14)15/h4-6,8H,1-3,10H2. The van der Waals surface area contributed by atoms with Gasteiger partial charge >= 0.3 is 11.7 Å². The fourth-order valence-corrected chi connectivity index (χ4v) is 1.58. The Labute approximate surface area is 91.8 Å². The molecule has 1 aliphatic carbocycles. The third-order valence-corrected chi connectivity index (χ3v) is 2.62. The summed E-state index contributed by atoms with van der Waals surface area (Å²) in [6.07, 6.45) is 4.17. The molecule has 86 valence electrons. The minimum atomic E-state index is -0.544. The van der Waals surface area contributed by atoms with Crippen LogP contribution in [0.5, 0.6) is 6.01 Å². The first-order valence-electron chi connectivity index (χ1n) is 5.02. The van der Waals surface area contributed by atoms with Gasteiger partial charge in [0.25, 0.3) is 0 Å². The van der Waals surface area contributed by atoms with Crippen molar-refractivity contribution >= 4 is 5.69 Å². The molecule has 7 heteroatoms. The van der Waals surface area contributed by atoms with Gasteiger partial charge in [0.1, 0.15) is 18.5 Å². The van der Waals surface area contributed by atoms with Crippen LogP contribution in [0.25, 0.3) is 0 Å². The van der Waals surface area contributed by atoms with Gasteiger partial charge in [0.15, 0.2) is 0 Å². The maximum absolute atomic E-state index is 10.4. The molecule has 0 atom stereocenters. The van der Waals surface area contributed by atoms with Gasteiger partial charge in [0, 0.05) is 0 Å². The van der Waals surface area contributed by atoms with E-state index in [0.717, 1.165) is 25.2 Å². The molecule has 16 heavy (non-hydrogen) atoms. The number of hydrogen-bond donors (Lipinski definition) is 1. The van der Waals surface area contributed by atoms with E-state index in [1.165, 1.54) is 0 Å². The van der Waals surface area contributed by atoms with Crippen molar-refractivity contribution in [2.24, 2.45) is 11.7 Å². The van der Waals surface area contributed by atoms with E-state index in [-0.39, 0.29) is 17.8 Å². The lowest BCUT2D eigenvalue weighted by molar-refractivity contribution is -0.385. The van der Waals surface area contributed by atoms with Crippen LogP contribution in [0.3, 0.4) is 0 Å². The average Bonchev–Trinajstić information content (AvgIpc) is 2.23. The molecular weight excluding hydrogens is 212 g/mol. The summed E-state index contributed by atoms with van der Waals surface area (Å²) in [4.78, 5) is 17.3. The molecule has 1 saturated carbocycles. The molecule has 1 aromatic rings. The monoisotopic (exact) mass is 224 g/mol. The van der Waals surface area contributed by atoms with Crippen LogP contribution in [-0.4, -0.2) is 27.5 Å². The largest absolute Gasteiger partial charge is 0.460 e. The van der Waals surface area contributed by atoms with Crippen LogP contribution in [0.15, 0.2) is 12.4 Å². The molecule has 0 spiro atoms. The number of hydrogen-bond acceptors (Lipinski definition) is 6. The first-order valence-corrected chi connectivity index (χ1v) is 5.02. The maximum Gasteiger partial charge on any atom is 0.317 e. The van der Waals surface area contributed by atoms with Crippen molar-refractivity contribution in [3.63, 3.8) is 0 Å². The highest BCUT2D eigenvalue weighted by Crippen LogP contribution is 2.29. The van der Waals surface area contributed by atoms with Gasteiger partial charge in [0.05, 0.1) is 4.92 Å². The molecule has 7 nitrogen and oxygen atoms in total. The number of nitrogens with two attached hydrogens (primary N) is 1. The van der Waals surface area contributed by atoms with Crippen molar-refractivity contribution in [1.82, 2.24) is 9.97 Å². The number of aromatic nitrogens is 2. The van der Waals surface area contributed by atoms with Crippen LogP contribution in [0, 0.1) is 16.0 Å². The molecule has 1 aliphatic rings. The van der Waals surface area contributed by atoms with Crippen molar-refractivity contribution in [1.29, 1.82) is 0 Å². The predicted octanol–water partition coefficient (Wildman–Crippen LogP) is 0.501. The molecule has 2 rings (SSSR count). The molecule has 2 N–H and O–H groups in total. The number of rotatable bonds is 4. The van der Waals surface area contributed by atoms with Crippen LogP contribution in [-0.2, 0) is 0 Å². The summed E-state index contributed by atoms with van der Waals surface area (Å²) in [6.45, 7) is 0.668. The van der Waals surface area contributed by atoms with Gasteiger partial charge < -0.3 is 10.5 Å². The Morgan fingerprint density at radius 1 is 1.50 bits per heavy atom. The molecule has 0 aromatic carbocycles. The summed E-state index contributed by atoms with van der Waals surface area (Å²) >= 11 is 0. The Balaban J connectivity index is 1.89. The van der Waals surface area contributed by atoms with Gasteiger partial charge in [-0.25, -0.2) is 0 Å². The summed E-state index contributed by atoms with van der Waals surface area (Å²) in [5.74, 6) is 0.517. The predicted molar refractivity (Wildman–Crippen MR) is 54.9 cm³/mol. The normalized spacial score (nSPS) is 23.6. The minimum absolute atomic E-state index is 0.0926. The molecule has 0 unspecified atom stereocenters. The molecule has 0 aliphatic heterocycles. The zero-order valence-corrected chi connectivity index (χ0v) is 8.57. The van der Waals surface area contributed by atoms with E-state index >= 15 is 0 Å². The number of ether oxygens (including phenoxy) is 1. The van der Waals surface area contributed by atoms with Crippen molar-refractivity contribution in [2.75, 3.05) is 6.54 Å². The highest BCUT2D eigenvalue weighted by atomic mass is 16.6. The topological polar surface area (TPSA) is 104 Å². The molecule has 1 fully saturated rings. The molecule has 0 radical (unpaired) electrons. The van der Waals surface area contributed by atoms with Crippen molar-refractivity contribution in [3.8, 4) is 6.01 Å². The van der Waals surface area contributed by atoms with E-state index in [0.29, 0.717) is 12.5 Å². The number of nitro groups is 1. The highest BCUT2D eigenvalue weighted by molar-refractivity contribution is 5.22. The first kappa shape index (κ1) is 10.7. The molecule has 1 aromatic heterocycles. The Kier molecular flexibility index (Phi) is 2.95. The molecule has 0 saturated heterocycles. The van der Waals surface area contributed by atoms with Gasteiger partial charge in [0.2, 0.25) is 0 Å². The minimum Gasteiger partial charge on any atom is -0.460 e. The Hall–Kier alpha value is -1.76. The van der Waals surface area contributed by atoms with Gasteiger partial charge in [-0.1, -0.05) is 0 Å². The Morgan fingerprint density at radius 3 is 2.62 bits per heavy atom. The molecule has 0 amide bonds. The van der Waals surface area contributed by atoms with E-state index in [1.54, 1.807) is 0 Å². The summed E-state index contributed by atoms with van der Waals surface area (Å²) in [5.41, 5.74) is 5.34. The molecule has 0 bridgehead atoms. The zero-order valence-electron chi connectivity index (χ0n) is 8.57. The summed E-state index contributed by atoms with van der Waals surface area (Å²) < 4.78 is 5.42. The first-order chi connectivity index (χ1) is 7.69. The fraction of sp³-hybridized carbons (Fsp3) is 0.556. The maximum atomic E-state index is 10.4. The van der Waals surface area contributed by atoms with Crippen LogP contribution in [0.2, 0.25) is 0 Å². The highest BCUT2D eigenvalue weighted by Gasteiger charge is 2.30. The summed E-state index contributed by atoms with van der Waals surface area (Å²) in [5, 5.41) is 10.4. The zero-order chi connectivity index (χ0) is 11.5. The smallest absolute Gasteiger partial charge is 0.317 e. The van der Waals surface area contributed by atoms with Crippen LogP contribution in [0.1, 0.15) is 12.8 Å². The van der Waals surface area contributed by atoms with E-state index in [9.17, 15) is 10.1 Å². The van der Waals surface area contributed by atoms with E-state index in [2.05, 4.69) is 9.97 Å².